The number of rotatable bonds is 5. The quantitative estimate of drug-likeness (QED) is 0.833. The van der Waals surface area contributed by atoms with Crippen LogP contribution in [0.3, 0.4) is 0 Å². The summed E-state index contributed by atoms with van der Waals surface area (Å²) in [4.78, 5) is 13.2. The third-order valence-corrected chi connectivity index (χ3v) is 2.59. The van der Waals surface area contributed by atoms with Crippen LogP contribution in [0.15, 0.2) is 12.3 Å². The van der Waals surface area contributed by atoms with Gasteiger partial charge in [0.25, 0.3) is 0 Å². The lowest BCUT2D eigenvalue weighted by atomic mass is 10.3. The van der Waals surface area contributed by atoms with Gasteiger partial charge < -0.3 is 10.2 Å². The first kappa shape index (κ1) is 13.7. The predicted octanol–water partition coefficient (Wildman–Crippen LogP) is 1.03. The molecule has 0 bridgehead atoms. The van der Waals surface area contributed by atoms with E-state index in [9.17, 15) is 4.79 Å². The topological polar surface area (TPSA) is 50.2 Å². The van der Waals surface area contributed by atoms with E-state index in [1.54, 1.807) is 19.0 Å². The smallest absolute Gasteiger partial charge is 0.238 e. The fourth-order valence-electron chi connectivity index (χ4n) is 1.49. The van der Waals surface area contributed by atoms with Gasteiger partial charge in [0.2, 0.25) is 5.91 Å². The molecule has 5 nitrogen and oxygen atoms in total. The molecule has 1 aromatic heterocycles. The molecule has 0 aliphatic rings. The molecule has 1 amide bonds. The number of carbonyl (C=O) groups excluding carboxylic acids is 1. The zero-order valence-electron chi connectivity index (χ0n) is 11.3. The number of carbonyl (C=O) groups is 1. The highest BCUT2D eigenvalue weighted by molar-refractivity contribution is 5.80. The van der Waals surface area contributed by atoms with E-state index in [4.69, 9.17) is 0 Å². The number of likely N-dealkylation sites (N-methyl/N-ethyl adjacent to an activating group) is 1. The molecule has 1 aromatic rings. The third kappa shape index (κ3) is 3.85. The first-order valence-corrected chi connectivity index (χ1v) is 5.90. The van der Waals surface area contributed by atoms with E-state index in [0.29, 0.717) is 12.6 Å². The van der Waals surface area contributed by atoms with Gasteiger partial charge in [-0.1, -0.05) is 0 Å². The van der Waals surface area contributed by atoms with Crippen molar-refractivity contribution in [2.75, 3.05) is 14.1 Å². The van der Waals surface area contributed by atoms with E-state index in [1.807, 2.05) is 23.9 Å². The van der Waals surface area contributed by atoms with Crippen LogP contribution in [0.2, 0.25) is 0 Å². The normalized spacial score (nSPS) is 12.8. The predicted molar refractivity (Wildman–Crippen MR) is 67.6 cm³/mol. The van der Waals surface area contributed by atoms with Gasteiger partial charge in [0.1, 0.15) is 0 Å². The molecule has 1 rings (SSSR count). The summed E-state index contributed by atoms with van der Waals surface area (Å²) in [6.07, 6.45) is 1.96. The van der Waals surface area contributed by atoms with E-state index in [0.717, 1.165) is 5.69 Å². The van der Waals surface area contributed by atoms with Gasteiger partial charge >= 0.3 is 0 Å². The minimum absolute atomic E-state index is 0.0771. The molecule has 0 saturated heterocycles. The molecule has 0 saturated carbocycles. The standard InChI is InChI=1S/C12H22N4O/c1-9(2)16-7-6-11(14-16)8-13-10(3)12(17)15(4)5/h6-7,9-10,13H,8H2,1-5H3. The largest absolute Gasteiger partial charge is 0.347 e. The van der Waals surface area contributed by atoms with Crippen LogP contribution in [-0.4, -0.2) is 40.7 Å². The van der Waals surface area contributed by atoms with Crippen molar-refractivity contribution in [1.29, 1.82) is 0 Å². The Morgan fingerprint density at radius 2 is 2.12 bits per heavy atom. The molecule has 0 aliphatic heterocycles. The molecule has 1 N–H and O–H groups in total. The van der Waals surface area contributed by atoms with Crippen LogP contribution in [-0.2, 0) is 11.3 Å². The summed E-state index contributed by atoms with van der Waals surface area (Å²) in [5, 5.41) is 7.58. The van der Waals surface area contributed by atoms with Crippen LogP contribution in [0, 0.1) is 0 Å². The van der Waals surface area contributed by atoms with Crippen molar-refractivity contribution in [3.8, 4) is 0 Å². The maximum absolute atomic E-state index is 11.6. The van der Waals surface area contributed by atoms with E-state index >= 15 is 0 Å². The lowest BCUT2D eigenvalue weighted by Gasteiger charge is -2.17. The average molecular weight is 238 g/mol. The van der Waals surface area contributed by atoms with Crippen LogP contribution in [0.25, 0.3) is 0 Å². The average Bonchev–Trinajstić information content (AvgIpc) is 2.73. The number of hydrogen-bond donors (Lipinski definition) is 1. The van der Waals surface area contributed by atoms with Gasteiger partial charge in [-0.25, -0.2) is 0 Å². The Balaban J connectivity index is 2.47. The summed E-state index contributed by atoms with van der Waals surface area (Å²) in [6.45, 7) is 6.65. The van der Waals surface area contributed by atoms with Gasteiger partial charge in [-0.15, -0.1) is 0 Å². The van der Waals surface area contributed by atoms with Crippen LogP contribution in [0.1, 0.15) is 32.5 Å². The maximum atomic E-state index is 11.6. The fraction of sp³-hybridized carbons (Fsp3) is 0.667. The molecule has 0 aliphatic carbocycles. The summed E-state index contributed by atoms with van der Waals surface area (Å²) in [6, 6.07) is 2.15. The minimum atomic E-state index is -0.186. The zero-order chi connectivity index (χ0) is 13.0. The SMILES string of the molecule is CC(NCc1ccn(C(C)C)n1)C(=O)N(C)C. The summed E-state index contributed by atoms with van der Waals surface area (Å²) in [7, 11) is 3.52. The third-order valence-electron chi connectivity index (χ3n) is 2.59. The second-order valence-corrected chi connectivity index (χ2v) is 4.72. The Morgan fingerprint density at radius 1 is 1.47 bits per heavy atom. The van der Waals surface area contributed by atoms with Crippen molar-refractivity contribution in [3.05, 3.63) is 18.0 Å². The van der Waals surface area contributed by atoms with E-state index in [-0.39, 0.29) is 11.9 Å². The maximum Gasteiger partial charge on any atom is 0.238 e. The second kappa shape index (κ2) is 5.82. The van der Waals surface area contributed by atoms with Crippen molar-refractivity contribution in [3.63, 3.8) is 0 Å². The first-order chi connectivity index (χ1) is 7.91. The molecule has 1 atom stereocenters. The zero-order valence-corrected chi connectivity index (χ0v) is 11.3. The van der Waals surface area contributed by atoms with E-state index in [1.165, 1.54) is 0 Å². The molecule has 0 spiro atoms. The number of nitrogens with zero attached hydrogens (tertiary/aromatic N) is 3. The first-order valence-electron chi connectivity index (χ1n) is 5.90. The number of hydrogen-bond acceptors (Lipinski definition) is 3. The molecule has 0 radical (unpaired) electrons. The Labute approximate surface area is 103 Å². The Hall–Kier alpha value is -1.36. The lowest BCUT2D eigenvalue weighted by Crippen LogP contribution is -2.41. The van der Waals surface area contributed by atoms with Gasteiger partial charge in [0.05, 0.1) is 11.7 Å². The van der Waals surface area contributed by atoms with E-state index in [2.05, 4.69) is 24.3 Å². The second-order valence-electron chi connectivity index (χ2n) is 4.72. The summed E-state index contributed by atoms with van der Waals surface area (Å²) in [5.41, 5.74) is 0.956. The van der Waals surface area contributed by atoms with Gasteiger partial charge in [-0.2, -0.15) is 5.10 Å². The Kier molecular flexibility index (Phi) is 4.69. The monoisotopic (exact) mass is 238 g/mol. The molecular formula is C12H22N4O. The Bertz CT molecular complexity index is 370. The van der Waals surface area contributed by atoms with Gasteiger partial charge in [0, 0.05) is 32.9 Å². The molecule has 17 heavy (non-hydrogen) atoms. The van der Waals surface area contributed by atoms with Crippen molar-refractivity contribution in [1.82, 2.24) is 20.0 Å². The Morgan fingerprint density at radius 3 is 2.59 bits per heavy atom. The number of nitrogens with one attached hydrogen (secondary N) is 1. The van der Waals surface area contributed by atoms with Gasteiger partial charge in [-0.05, 0) is 26.8 Å². The molecule has 0 aromatic carbocycles. The summed E-state index contributed by atoms with van der Waals surface area (Å²) in [5.74, 6) is 0.0771. The molecule has 1 heterocycles. The van der Waals surface area contributed by atoms with Crippen LogP contribution < -0.4 is 5.32 Å². The van der Waals surface area contributed by atoms with Crippen LogP contribution in [0.5, 0.6) is 0 Å². The fourth-order valence-corrected chi connectivity index (χ4v) is 1.49. The minimum Gasteiger partial charge on any atom is -0.347 e. The van der Waals surface area contributed by atoms with Crippen molar-refractivity contribution < 1.29 is 4.79 Å². The summed E-state index contributed by atoms with van der Waals surface area (Å²) >= 11 is 0. The molecule has 5 heteroatoms. The lowest BCUT2D eigenvalue weighted by molar-refractivity contribution is -0.130. The van der Waals surface area contributed by atoms with E-state index < -0.39 is 0 Å². The summed E-state index contributed by atoms with van der Waals surface area (Å²) < 4.78 is 1.91. The van der Waals surface area contributed by atoms with Gasteiger partial charge in [0.15, 0.2) is 0 Å². The van der Waals surface area contributed by atoms with Crippen LogP contribution in [0.4, 0.5) is 0 Å². The molecule has 96 valence electrons. The number of aromatic nitrogens is 2. The number of amides is 1. The molecule has 1 unspecified atom stereocenters. The highest BCUT2D eigenvalue weighted by atomic mass is 16.2. The highest BCUT2D eigenvalue weighted by Crippen LogP contribution is 2.04. The van der Waals surface area contributed by atoms with Crippen molar-refractivity contribution >= 4 is 5.91 Å². The molecule has 0 fully saturated rings. The molecular weight excluding hydrogens is 216 g/mol. The van der Waals surface area contributed by atoms with Crippen molar-refractivity contribution in [2.45, 2.75) is 39.4 Å². The van der Waals surface area contributed by atoms with Gasteiger partial charge in [-0.3, -0.25) is 9.48 Å². The van der Waals surface area contributed by atoms with Crippen molar-refractivity contribution in [2.24, 2.45) is 0 Å². The van der Waals surface area contributed by atoms with Crippen LogP contribution >= 0.6 is 0 Å². The highest BCUT2D eigenvalue weighted by Gasteiger charge is 2.14.